The largest absolute Gasteiger partial charge is 0.327 e. The highest BCUT2D eigenvalue weighted by Crippen LogP contribution is 2.35. The molecule has 0 heterocycles. The number of aryl methyl sites for hydroxylation is 2. The smallest absolute Gasteiger partial charge is 0.211 e. The molecule has 2 atom stereocenters. The number of rotatable bonds is 9. The van der Waals surface area contributed by atoms with E-state index in [1.165, 1.54) is 28.5 Å². The van der Waals surface area contributed by atoms with Gasteiger partial charge in [0.1, 0.15) is 0 Å². The Balaban J connectivity index is 1.44. The summed E-state index contributed by atoms with van der Waals surface area (Å²) < 4.78 is 25.9. The van der Waals surface area contributed by atoms with Crippen LogP contribution in [0, 0.1) is 5.92 Å². The SMILES string of the molecule is CS(=O)(=O)N(CCCc1ccc2c(c1)C(Cc1ccc(Cl)cc1)C(N)CC2)CC1CC1. The number of halogens is 1. The Labute approximate surface area is 191 Å². The highest BCUT2D eigenvalue weighted by Gasteiger charge is 2.29. The molecule has 31 heavy (non-hydrogen) atoms. The molecule has 1 fully saturated rings. The molecule has 2 aromatic carbocycles. The van der Waals surface area contributed by atoms with Gasteiger partial charge in [0.25, 0.3) is 0 Å². The van der Waals surface area contributed by atoms with E-state index in [4.69, 9.17) is 17.3 Å². The van der Waals surface area contributed by atoms with Gasteiger partial charge < -0.3 is 5.73 Å². The first-order valence-electron chi connectivity index (χ1n) is 11.4. The van der Waals surface area contributed by atoms with Gasteiger partial charge in [0.2, 0.25) is 10.0 Å². The van der Waals surface area contributed by atoms with Crippen LogP contribution in [-0.2, 0) is 29.3 Å². The second-order valence-electron chi connectivity index (χ2n) is 9.34. The Morgan fingerprint density at radius 1 is 1.06 bits per heavy atom. The van der Waals surface area contributed by atoms with E-state index < -0.39 is 10.0 Å². The molecule has 1 saturated carbocycles. The molecular formula is C25H33ClN2O2S. The first-order chi connectivity index (χ1) is 14.8. The lowest BCUT2D eigenvalue weighted by atomic mass is 9.76. The lowest BCUT2D eigenvalue weighted by Gasteiger charge is -2.32. The van der Waals surface area contributed by atoms with Gasteiger partial charge in [-0.25, -0.2) is 12.7 Å². The number of hydrogen-bond donors (Lipinski definition) is 1. The van der Waals surface area contributed by atoms with Crippen LogP contribution in [0.2, 0.25) is 5.02 Å². The Kier molecular flexibility index (Phi) is 7.07. The number of benzene rings is 2. The topological polar surface area (TPSA) is 63.4 Å². The van der Waals surface area contributed by atoms with Crippen molar-refractivity contribution in [3.05, 3.63) is 69.7 Å². The molecule has 0 aliphatic heterocycles. The number of nitrogens with zero attached hydrogens (tertiary/aromatic N) is 1. The minimum absolute atomic E-state index is 0.151. The minimum Gasteiger partial charge on any atom is -0.327 e. The first kappa shape index (κ1) is 22.8. The zero-order chi connectivity index (χ0) is 22.0. The van der Waals surface area contributed by atoms with Crippen LogP contribution in [0.3, 0.4) is 0 Å². The second-order valence-corrected chi connectivity index (χ2v) is 11.8. The summed E-state index contributed by atoms with van der Waals surface area (Å²) in [5, 5.41) is 0.754. The molecule has 6 heteroatoms. The highest BCUT2D eigenvalue weighted by molar-refractivity contribution is 7.88. The van der Waals surface area contributed by atoms with Crippen molar-refractivity contribution in [1.82, 2.24) is 4.31 Å². The van der Waals surface area contributed by atoms with Gasteiger partial charge in [-0.05, 0) is 85.3 Å². The van der Waals surface area contributed by atoms with Crippen molar-refractivity contribution in [2.75, 3.05) is 19.3 Å². The summed E-state index contributed by atoms with van der Waals surface area (Å²) in [6, 6.07) is 15.0. The zero-order valence-electron chi connectivity index (χ0n) is 18.3. The molecule has 4 rings (SSSR count). The molecule has 168 valence electrons. The van der Waals surface area contributed by atoms with E-state index in [9.17, 15) is 8.42 Å². The van der Waals surface area contributed by atoms with Gasteiger partial charge in [0, 0.05) is 30.1 Å². The van der Waals surface area contributed by atoms with Crippen molar-refractivity contribution < 1.29 is 8.42 Å². The lowest BCUT2D eigenvalue weighted by molar-refractivity contribution is 0.393. The van der Waals surface area contributed by atoms with Gasteiger partial charge in [-0.3, -0.25) is 0 Å². The summed E-state index contributed by atoms with van der Waals surface area (Å²) in [4.78, 5) is 0. The van der Waals surface area contributed by atoms with Crippen LogP contribution in [0.15, 0.2) is 42.5 Å². The molecule has 0 amide bonds. The van der Waals surface area contributed by atoms with Crippen molar-refractivity contribution in [2.45, 2.75) is 56.9 Å². The number of nitrogens with two attached hydrogens (primary N) is 1. The summed E-state index contributed by atoms with van der Waals surface area (Å²) in [5.74, 6) is 0.862. The molecule has 2 aromatic rings. The summed E-state index contributed by atoms with van der Waals surface area (Å²) >= 11 is 6.05. The lowest BCUT2D eigenvalue weighted by Crippen LogP contribution is -2.34. The third kappa shape index (κ3) is 6.10. The van der Waals surface area contributed by atoms with Crippen LogP contribution in [0.5, 0.6) is 0 Å². The van der Waals surface area contributed by atoms with Gasteiger partial charge in [0.05, 0.1) is 6.26 Å². The van der Waals surface area contributed by atoms with Gasteiger partial charge in [0.15, 0.2) is 0 Å². The summed E-state index contributed by atoms with van der Waals surface area (Å²) in [7, 11) is -3.14. The normalized spacial score (nSPS) is 21.3. The standard InChI is InChI=1S/C25H33ClN2O2S/c1-31(29,30)28(17-20-4-5-20)14-2-3-18-6-9-21-10-13-25(27)24(23(21)15-18)16-19-7-11-22(26)12-8-19/h6-9,11-12,15,20,24-25H,2-5,10,13-14,16-17,27H2,1H3. The molecule has 2 aliphatic rings. The number of fused-ring (bicyclic) bond motifs is 1. The third-order valence-electron chi connectivity index (χ3n) is 6.74. The van der Waals surface area contributed by atoms with Crippen LogP contribution in [-0.4, -0.2) is 38.1 Å². The Morgan fingerprint density at radius 2 is 1.77 bits per heavy atom. The fraction of sp³-hybridized carbons (Fsp3) is 0.520. The minimum atomic E-state index is -3.14. The Hall–Kier alpha value is -1.40. The fourth-order valence-corrected chi connectivity index (χ4v) is 5.77. The maximum atomic E-state index is 12.1. The third-order valence-corrected chi connectivity index (χ3v) is 8.26. The molecule has 2 unspecified atom stereocenters. The molecule has 2 aliphatic carbocycles. The molecule has 0 saturated heterocycles. The van der Waals surface area contributed by atoms with Crippen LogP contribution in [0.1, 0.15) is 53.9 Å². The van der Waals surface area contributed by atoms with Crippen molar-refractivity contribution in [3.8, 4) is 0 Å². The monoisotopic (exact) mass is 460 g/mol. The van der Waals surface area contributed by atoms with E-state index >= 15 is 0 Å². The van der Waals surface area contributed by atoms with E-state index in [0.717, 1.165) is 50.0 Å². The number of sulfonamides is 1. The molecule has 0 radical (unpaired) electrons. The zero-order valence-corrected chi connectivity index (χ0v) is 19.8. The van der Waals surface area contributed by atoms with Crippen LogP contribution < -0.4 is 5.73 Å². The van der Waals surface area contributed by atoms with Crippen LogP contribution in [0.4, 0.5) is 0 Å². The highest BCUT2D eigenvalue weighted by atomic mass is 35.5. The first-order valence-corrected chi connectivity index (χ1v) is 13.6. The van der Waals surface area contributed by atoms with Gasteiger partial charge in [-0.15, -0.1) is 0 Å². The molecule has 0 aromatic heterocycles. The average Bonchev–Trinajstić information content (AvgIpc) is 3.54. The predicted octanol–water partition coefficient (Wildman–Crippen LogP) is 4.54. The van der Waals surface area contributed by atoms with E-state index in [1.54, 1.807) is 4.31 Å². The Morgan fingerprint density at radius 3 is 2.45 bits per heavy atom. The summed E-state index contributed by atoms with van der Waals surface area (Å²) in [6.07, 6.45) is 8.32. The van der Waals surface area contributed by atoms with Gasteiger partial charge in [-0.2, -0.15) is 0 Å². The van der Waals surface area contributed by atoms with Gasteiger partial charge >= 0.3 is 0 Å². The van der Waals surface area contributed by atoms with E-state index in [0.29, 0.717) is 24.9 Å². The number of hydrogen-bond acceptors (Lipinski definition) is 3. The van der Waals surface area contributed by atoms with Crippen molar-refractivity contribution in [3.63, 3.8) is 0 Å². The summed E-state index contributed by atoms with van der Waals surface area (Å²) in [5.41, 5.74) is 11.9. The van der Waals surface area contributed by atoms with Crippen LogP contribution in [0.25, 0.3) is 0 Å². The molecule has 0 bridgehead atoms. The van der Waals surface area contributed by atoms with Gasteiger partial charge in [-0.1, -0.05) is 41.9 Å². The maximum absolute atomic E-state index is 12.1. The Bertz CT molecular complexity index is 1000. The van der Waals surface area contributed by atoms with Crippen molar-refractivity contribution in [2.24, 2.45) is 11.7 Å². The van der Waals surface area contributed by atoms with E-state index in [1.807, 2.05) is 12.1 Å². The quantitative estimate of drug-likeness (QED) is 0.597. The van der Waals surface area contributed by atoms with E-state index in [-0.39, 0.29) is 6.04 Å². The molecular weight excluding hydrogens is 428 g/mol. The fourth-order valence-electron chi connectivity index (χ4n) is 4.70. The van der Waals surface area contributed by atoms with Crippen molar-refractivity contribution >= 4 is 21.6 Å². The van der Waals surface area contributed by atoms with E-state index in [2.05, 4.69) is 30.3 Å². The maximum Gasteiger partial charge on any atom is 0.211 e. The van der Waals surface area contributed by atoms with Crippen molar-refractivity contribution in [1.29, 1.82) is 0 Å². The molecule has 0 spiro atoms. The van der Waals surface area contributed by atoms with Crippen LogP contribution >= 0.6 is 11.6 Å². The second kappa shape index (κ2) is 9.62. The average molecular weight is 461 g/mol. The summed E-state index contributed by atoms with van der Waals surface area (Å²) in [6.45, 7) is 1.28. The predicted molar refractivity (Wildman–Crippen MR) is 128 cm³/mol. The molecule has 4 nitrogen and oxygen atoms in total. The molecule has 2 N–H and O–H groups in total.